The Morgan fingerprint density at radius 1 is 0.957 bits per heavy atom. The van der Waals surface area contributed by atoms with Crippen LogP contribution in [0.3, 0.4) is 0 Å². The highest BCUT2D eigenvalue weighted by Crippen LogP contribution is 2.40. The first kappa shape index (κ1) is 15.5. The molecule has 0 spiro atoms. The molecule has 0 aromatic heterocycles. The van der Waals surface area contributed by atoms with E-state index < -0.39 is 11.9 Å². The van der Waals surface area contributed by atoms with E-state index in [9.17, 15) is 9.59 Å². The molecule has 1 heterocycles. The Bertz CT molecular complexity index is 727. The van der Waals surface area contributed by atoms with Crippen LogP contribution < -0.4 is 0 Å². The van der Waals surface area contributed by atoms with E-state index >= 15 is 0 Å². The molecule has 5 nitrogen and oxygen atoms in total. The van der Waals surface area contributed by atoms with Gasteiger partial charge in [-0.1, -0.05) is 24.3 Å². The van der Waals surface area contributed by atoms with Crippen molar-refractivity contribution < 1.29 is 23.8 Å². The number of esters is 2. The molecule has 1 aliphatic heterocycles. The van der Waals surface area contributed by atoms with Crippen LogP contribution in [-0.4, -0.2) is 32.8 Å². The van der Waals surface area contributed by atoms with Gasteiger partial charge in [0, 0.05) is 0 Å². The van der Waals surface area contributed by atoms with Gasteiger partial charge in [0.05, 0.1) is 38.6 Å². The summed E-state index contributed by atoms with van der Waals surface area (Å²) in [7, 11) is 2.62. The second-order valence-corrected chi connectivity index (χ2v) is 5.44. The number of benzene rings is 1. The lowest BCUT2D eigenvalue weighted by Crippen LogP contribution is -2.21. The van der Waals surface area contributed by atoms with Crippen molar-refractivity contribution in [1.82, 2.24) is 0 Å². The van der Waals surface area contributed by atoms with Gasteiger partial charge < -0.3 is 14.2 Å². The van der Waals surface area contributed by atoms with E-state index in [1.54, 1.807) is 0 Å². The van der Waals surface area contributed by atoms with Crippen molar-refractivity contribution in [3.63, 3.8) is 0 Å². The van der Waals surface area contributed by atoms with Crippen molar-refractivity contribution in [3.05, 3.63) is 52.1 Å². The van der Waals surface area contributed by atoms with Crippen molar-refractivity contribution >= 4 is 17.5 Å². The Hall–Kier alpha value is -2.40. The minimum absolute atomic E-state index is 0.273. The highest BCUT2D eigenvalue weighted by Gasteiger charge is 2.33. The van der Waals surface area contributed by atoms with Crippen molar-refractivity contribution in [2.24, 2.45) is 0 Å². The van der Waals surface area contributed by atoms with Crippen molar-refractivity contribution in [3.8, 4) is 0 Å². The normalized spacial score (nSPS) is 17.1. The summed E-state index contributed by atoms with van der Waals surface area (Å²) in [6.45, 7) is 0.750. The molecule has 0 saturated heterocycles. The molecule has 0 saturated carbocycles. The smallest absolute Gasteiger partial charge is 0.338 e. The number of allylic oxidation sites excluding steroid dienone is 1. The minimum atomic E-state index is -0.527. The largest absolute Gasteiger partial charge is 0.466 e. The maximum Gasteiger partial charge on any atom is 0.338 e. The zero-order valence-electron chi connectivity index (χ0n) is 13.2. The Balaban J connectivity index is 2.21. The molecule has 0 atom stereocenters. The molecule has 1 aromatic carbocycles. The fourth-order valence-electron chi connectivity index (χ4n) is 3.19. The van der Waals surface area contributed by atoms with Gasteiger partial charge in [0.25, 0.3) is 0 Å². The summed E-state index contributed by atoms with van der Waals surface area (Å²) < 4.78 is 15.5. The first-order chi connectivity index (χ1) is 11.2. The number of methoxy groups -OCH3 is 2. The lowest BCUT2D eigenvalue weighted by atomic mass is 9.82. The van der Waals surface area contributed by atoms with E-state index in [1.165, 1.54) is 14.2 Å². The van der Waals surface area contributed by atoms with Gasteiger partial charge in [-0.05, 0) is 35.1 Å². The average molecular weight is 314 g/mol. The topological polar surface area (TPSA) is 61.8 Å². The maximum atomic E-state index is 12.3. The number of carbonyl (C=O) groups excluding carboxylic acids is 2. The summed E-state index contributed by atoms with van der Waals surface area (Å²) in [5.74, 6) is -1.02. The third-order valence-electron chi connectivity index (χ3n) is 4.26. The molecule has 3 rings (SSSR count). The molecule has 23 heavy (non-hydrogen) atoms. The molecule has 2 aliphatic rings. The van der Waals surface area contributed by atoms with Crippen molar-refractivity contribution in [2.75, 3.05) is 20.8 Å². The van der Waals surface area contributed by atoms with E-state index in [2.05, 4.69) is 0 Å². The van der Waals surface area contributed by atoms with Crippen LogP contribution in [0.2, 0.25) is 0 Å². The molecule has 1 aromatic rings. The number of hydrogen-bond donors (Lipinski definition) is 0. The summed E-state index contributed by atoms with van der Waals surface area (Å²) in [5.41, 5.74) is 4.59. The molecule has 1 aliphatic carbocycles. The van der Waals surface area contributed by atoms with Crippen LogP contribution in [0, 0.1) is 0 Å². The van der Waals surface area contributed by atoms with Gasteiger partial charge in [-0.3, -0.25) is 0 Å². The van der Waals surface area contributed by atoms with Crippen LogP contribution in [0.4, 0.5) is 0 Å². The van der Waals surface area contributed by atoms with Gasteiger partial charge in [0.1, 0.15) is 0 Å². The highest BCUT2D eigenvalue weighted by molar-refractivity contribution is 6.06. The van der Waals surface area contributed by atoms with Crippen LogP contribution in [-0.2, 0) is 30.4 Å². The van der Waals surface area contributed by atoms with Gasteiger partial charge in [0.2, 0.25) is 0 Å². The summed E-state index contributed by atoms with van der Waals surface area (Å²) in [6, 6.07) is 7.97. The van der Waals surface area contributed by atoms with Crippen LogP contribution in [0.1, 0.15) is 24.0 Å². The average Bonchev–Trinajstić information content (AvgIpc) is 2.78. The standard InChI is InChI=1S/C18H18O5/c1-21-17(19)14-8-7-13-12-6-4-3-5-11(12)9-23-10-15(13)16(14)18(20)22-2/h3-6H,7-10H2,1-2H3. The third-order valence-corrected chi connectivity index (χ3v) is 4.26. The van der Waals surface area contributed by atoms with E-state index in [4.69, 9.17) is 14.2 Å². The Morgan fingerprint density at radius 3 is 2.43 bits per heavy atom. The van der Waals surface area contributed by atoms with E-state index in [0.29, 0.717) is 25.0 Å². The van der Waals surface area contributed by atoms with Gasteiger partial charge in [-0.25, -0.2) is 9.59 Å². The molecule has 120 valence electrons. The fourth-order valence-corrected chi connectivity index (χ4v) is 3.19. The zero-order chi connectivity index (χ0) is 16.4. The van der Waals surface area contributed by atoms with Gasteiger partial charge in [0.15, 0.2) is 0 Å². The lowest BCUT2D eigenvalue weighted by molar-refractivity contribution is -0.139. The fraction of sp³-hybridized carbons (Fsp3) is 0.333. The number of rotatable bonds is 2. The number of carbonyl (C=O) groups is 2. The maximum absolute atomic E-state index is 12.3. The first-order valence-corrected chi connectivity index (χ1v) is 7.45. The number of ether oxygens (including phenoxy) is 3. The van der Waals surface area contributed by atoms with Gasteiger partial charge in [-0.15, -0.1) is 0 Å². The number of fused-ring (bicyclic) bond motifs is 2. The van der Waals surface area contributed by atoms with E-state index in [1.807, 2.05) is 24.3 Å². The Labute approximate surface area is 134 Å². The quantitative estimate of drug-likeness (QED) is 0.785. The summed E-state index contributed by atoms with van der Waals surface area (Å²) in [6.07, 6.45) is 1.12. The van der Waals surface area contributed by atoms with E-state index in [0.717, 1.165) is 22.3 Å². The summed E-state index contributed by atoms with van der Waals surface area (Å²) in [5, 5.41) is 0. The van der Waals surface area contributed by atoms with E-state index in [-0.39, 0.29) is 12.2 Å². The molecule has 0 fully saturated rings. The lowest BCUT2D eigenvalue weighted by Gasteiger charge is -2.23. The molecule has 0 N–H and O–H groups in total. The monoisotopic (exact) mass is 314 g/mol. The molecule has 0 radical (unpaired) electrons. The zero-order valence-corrected chi connectivity index (χ0v) is 13.2. The van der Waals surface area contributed by atoms with Crippen molar-refractivity contribution in [2.45, 2.75) is 19.4 Å². The van der Waals surface area contributed by atoms with Crippen LogP contribution in [0.15, 0.2) is 41.0 Å². The molecule has 0 amide bonds. The molecule has 0 unspecified atom stereocenters. The minimum Gasteiger partial charge on any atom is -0.466 e. The Morgan fingerprint density at radius 2 is 1.70 bits per heavy atom. The molecular weight excluding hydrogens is 296 g/mol. The molecular formula is C18H18O5. The SMILES string of the molecule is COC(=O)C1=C(C(=O)OC)C2=C(CC1)c1ccccc1COC2. The predicted molar refractivity (Wildman–Crippen MR) is 83.3 cm³/mol. The predicted octanol–water partition coefficient (Wildman–Crippen LogP) is 2.41. The second-order valence-electron chi connectivity index (χ2n) is 5.44. The number of hydrogen-bond acceptors (Lipinski definition) is 5. The summed E-state index contributed by atoms with van der Waals surface area (Å²) in [4.78, 5) is 24.4. The Kier molecular flexibility index (Phi) is 4.30. The summed E-state index contributed by atoms with van der Waals surface area (Å²) >= 11 is 0. The van der Waals surface area contributed by atoms with Crippen LogP contribution in [0.5, 0.6) is 0 Å². The van der Waals surface area contributed by atoms with Crippen LogP contribution >= 0.6 is 0 Å². The first-order valence-electron chi connectivity index (χ1n) is 7.45. The van der Waals surface area contributed by atoms with Crippen LogP contribution in [0.25, 0.3) is 5.57 Å². The van der Waals surface area contributed by atoms with Gasteiger partial charge >= 0.3 is 11.9 Å². The second kappa shape index (κ2) is 6.38. The molecule has 5 heteroatoms. The third kappa shape index (κ3) is 2.68. The van der Waals surface area contributed by atoms with Crippen molar-refractivity contribution in [1.29, 1.82) is 0 Å². The highest BCUT2D eigenvalue weighted by atomic mass is 16.5. The van der Waals surface area contributed by atoms with Gasteiger partial charge in [-0.2, -0.15) is 0 Å². The molecule has 0 bridgehead atoms.